The summed E-state index contributed by atoms with van der Waals surface area (Å²) in [6, 6.07) is 12.0. The number of halogens is 1. The monoisotopic (exact) mass is 323 g/mol. The Bertz CT molecular complexity index is 479. The van der Waals surface area contributed by atoms with Crippen molar-refractivity contribution in [1.29, 1.82) is 0 Å². The number of rotatable bonds is 6. The highest BCUT2D eigenvalue weighted by Crippen LogP contribution is 2.24. The van der Waals surface area contributed by atoms with Crippen molar-refractivity contribution < 1.29 is 9.52 Å². The molecule has 0 aliphatic carbocycles. The average Bonchev–Trinajstić information content (AvgIpc) is 2.89. The molecule has 0 aliphatic heterocycles. The molecule has 2 N–H and O–H groups in total. The first-order chi connectivity index (χ1) is 9.16. The van der Waals surface area contributed by atoms with E-state index < -0.39 is 0 Å². The second-order valence-electron chi connectivity index (χ2n) is 4.59. The molecule has 1 heterocycles. The predicted molar refractivity (Wildman–Crippen MR) is 79.0 cm³/mol. The molecule has 2 rings (SSSR count). The van der Waals surface area contributed by atoms with Gasteiger partial charge in [-0.05, 0) is 49.7 Å². The van der Waals surface area contributed by atoms with Gasteiger partial charge in [0.25, 0.3) is 0 Å². The molecule has 0 unspecified atom stereocenters. The largest absolute Gasteiger partial charge is 0.467 e. The number of hydrogen-bond acceptors (Lipinski definition) is 3. The van der Waals surface area contributed by atoms with Crippen LogP contribution in [0.4, 0.5) is 0 Å². The maximum Gasteiger partial charge on any atom is 0.125 e. The van der Waals surface area contributed by atoms with Gasteiger partial charge in [0.2, 0.25) is 0 Å². The van der Waals surface area contributed by atoms with Crippen LogP contribution in [-0.4, -0.2) is 17.8 Å². The Labute approximate surface area is 121 Å². The zero-order valence-electron chi connectivity index (χ0n) is 10.8. The normalized spacial score (nSPS) is 14.3. The summed E-state index contributed by atoms with van der Waals surface area (Å²) < 4.78 is 6.56. The first kappa shape index (κ1) is 14.3. The van der Waals surface area contributed by atoms with Gasteiger partial charge in [-0.25, -0.2) is 0 Å². The summed E-state index contributed by atoms with van der Waals surface area (Å²) in [6.45, 7) is 2.53. The predicted octanol–water partition coefficient (Wildman–Crippen LogP) is 3.49. The van der Waals surface area contributed by atoms with Crippen LogP contribution < -0.4 is 5.32 Å². The van der Waals surface area contributed by atoms with E-state index in [1.807, 2.05) is 24.3 Å². The van der Waals surface area contributed by atoms with Crippen molar-refractivity contribution >= 4 is 15.9 Å². The van der Waals surface area contributed by atoms with Gasteiger partial charge in [0.1, 0.15) is 5.76 Å². The quantitative estimate of drug-likeness (QED) is 0.855. The molecule has 3 nitrogen and oxygen atoms in total. The Morgan fingerprint density at radius 2 is 2.00 bits per heavy atom. The minimum Gasteiger partial charge on any atom is -0.467 e. The van der Waals surface area contributed by atoms with Crippen molar-refractivity contribution in [3.8, 4) is 0 Å². The third-order valence-corrected chi connectivity index (χ3v) is 3.47. The summed E-state index contributed by atoms with van der Waals surface area (Å²) in [6.07, 6.45) is 2.10. The molecule has 19 heavy (non-hydrogen) atoms. The maximum atomic E-state index is 9.33. The second kappa shape index (κ2) is 6.89. The van der Waals surface area contributed by atoms with Crippen molar-refractivity contribution in [2.24, 2.45) is 0 Å². The van der Waals surface area contributed by atoms with E-state index in [-0.39, 0.29) is 12.1 Å². The molecule has 0 amide bonds. The Morgan fingerprint density at radius 1 is 1.26 bits per heavy atom. The number of furan rings is 1. The van der Waals surface area contributed by atoms with Crippen LogP contribution >= 0.6 is 15.9 Å². The molecular formula is C15H18BrNO2. The van der Waals surface area contributed by atoms with Crippen LogP contribution in [0.3, 0.4) is 0 Å². The lowest BCUT2D eigenvalue weighted by molar-refractivity contribution is 0.182. The van der Waals surface area contributed by atoms with Gasteiger partial charge < -0.3 is 14.8 Å². The lowest BCUT2D eigenvalue weighted by atomic mass is 10.0. The summed E-state index contributed by atoms with van der Waals surface area (Å²) in [5.74, 6) is 0.882. The van der Waals surface area contributed by atoms with Crippen LogP contribution in [0.15, 0.2) is 51.6 Å². The topological polar surface area (TPSA) is 45.4 Å². The second-order valence-corrected chi connectivity index (χ2v) is 5.51. The smallest absolute Gasteiger partial charge is 0.125 e. The molecule has 102 valence electrons. The van der Waals surface area contributed by atoms with Crippen LogP contribution in [0.5, 0.6) is 0 Å². The van der Waals surface area contributed by atoms with Crippen molar-refractivity contribution in [3.63, 3.8) is 0 Å². The molecule has 0 radical (unpaired) electrons. The molecule has 1 aromatic carbocycles. The summed E-state index contributed by atoms with van der Waals surface area (Å²) in [4.78, 5) is 0. The molecule has 2 aromatic rings. The van der Waals surface area contributed by atoms with Gasteiger partial charge in [0, 0.05) is 4.47 Å². The molecule has 0 spiro atoms. The summed E-state index contributed by atoms with van der Waals surface area (Å²) >= 11 is 3.44. The average molecular weight is 324 g/mol. The van der Waals surface area contributed by atoms with E-state index in [0.29, 0.717) is 6.42 Å². The minimum absolute atomic E-state index is 0.0156. The zero-order chi connectivity index (χ0) is 13.7. The third-order valence-electron chi connectivity index (χ3n) is 2.94. The van der Waals surface area contributed by atoms with Gasteiger partial charge in [-0.1, -0.05) is 28.1 Å². The number of aliphatic hydroxyl groups excluding tert-OH is 1. The van der Waals surface area contributed by atoms with E-state index in [0.717, 1.165) is 22.3 Å². The van der Waals surface area contributed by atoms with Gasteiger partial charge in [-0.15, -0.1) is 0 Å². The fourth-order valence-corrected chi connectivity index (χ4v) is 2.19. The highest BCUT2D eigenvalue weighted by atomic mass is 79.9. The standard InChI is InChI=1S/C15H18BrNO2/c1-11(18)8-9-17-15(14-3-2-10-19-14)12-4-6-13(16)7-5-12/h2-7,10-11,15,17-18H,8-9H2,1H3/t11-,15+/m0/s1. The van der Waals surface area contributed by atoms with Gasteiger partial charge in [0.15, 0.2) is 0 Å². The van der Waals surface area contributed by atoms with Crippen LogP contribution in [0.1, 0.15) is 30.7 Å². The number of aliphatic hydroxyl groups is 1. The summed E-state index contributed by atoms with van der Waals surface area (Å²) in [7, 11) is 0. The lowest BCUT2D eigenvalue weighted by Gasteiger charge is -2.18. The van der Waals surface area contributed by atoms with Crippen molar-refractivity contribution in [2.45, 2.75) is 25.5 Å². The van der Waals surface area contributed by atoms with E-state index in [9.17, 15) is 5.11 Å². The Morgan fingerprint density at radius 3 is 2.58 bits per heavy atom. The van der Waals surface area contributed by atoms with Gasteiger partial charge in [-0.2, -0.15) is 0 Å². The van der Waals surface area contributed by atoms with Crippen molar-refractivity contribution in [1.82, 2.24) is 5.32 Å². The van der Waals surface area contributed by atoms with Crippen LogP contribution in [0.25, 0.3) is 0 Å². The van der Waals surface area contributed by atoms with Crippen LogP contribution in [0, 0.1) is 0 Å². The molecule has 0 aliphatic rings. The number of hydrogen-bond donors (Lipinski definition) is 2. The number of nitrogens with one attached hydrogen (secondary N) is 1. The molecule has 0 fully saturated rings. The molecule has 1 aromatic heterocycles. The van der Waals surface area contributed by atoms with Gasteiger partial charge in [-0.3, -0.25) is 0 Å². The van der Waals surface area contributed by atoms with Gasteiger partial charge >= 0.3 is 0 Å². The SMILES string of the molecule is C[C@H](O)CCN[C@H](c1ccc(Br)cc1)c1ccco1. The van der Waals surface area contributed by atoms with Crippen LogP contribution in [0.2, 0.25) is 0 Å². The highest BCUT2D eigenvalue weighted by Gasteiger charge is 2.16. The molecule has 0 saturated carbocycles. The van der Waals surface area contributed by atoms with E-state index in [1.165, 1.54) is 0 Å². The Kier molecular flexibility index (Phi) is 5.19. The molecule has 0 saturated heterocycles. The fraction of sp³-hybridized carbons (Fsp3) is 0.333. The Hall–Kier alpha value is -1.10. The lowest BCUT2D eigenvalue weighted by Crippen LogP contribution is -2.25. The molecule has 4 heteroatoms. The van der Waals surface area contributed by atoms with Crippen molar-refractivity contribution in [2.75, 3.05) is 6.54 Å². The van der Waals surface area contributed by atoms with E-state index in [4.69, 9.17) is 4.42 Å². The third kappa shape index (κ3) is 4.20. The highest BCUT2D eigenvalue weighted by molar-refractivity contribution is 9.10. The zero-order valence-corrected chi connectivity index (χ0v) is 12.4. The minimum atomic E-state index is -0.297. The molecular weight excluding hydrogens is 306 g/mol. The van der Waals surface area contributed by atoms with Crippen molar-refractivity contribution in [3.05, 3.63) is 58.5 Å². The summed E-state index contributed by atoms with van der Waals surface area (Å²) in [5.41, 5.74) is 1.14. The van der Waals surface area contributed by atoms with Crippen LogP contribution in [-0.2, 0) is 0 Å². The van der Waals surface area contributed by atoms with E-state index >= 15 is 0 Å². The number of benzene rings is 1. The Balaban J connectivity index is 2.12. The van der Waals surface area contributed by atoms with E-state index in [2.05, 4.69) is 33.4 Å². The maximum absolute atomic E-state index is 9.33. The molecule has 0 bridgehead atoms. The first-order valence-electron chi connectivity index (χ1n) is 6.37. The fourth-order valence-electron chi connectivity index (χ4n) is 1.93. The first-order valence-corrected chi connectivity index (χ1v) is 7.16. The van der Waals surface area contributed by atoms with E-state index in [1.54, 1.807) is 13.2 Å². The summed E-state index contributed by atoms with van der Waals surface area (Å²) in [5, 5.41) is 12.8. The van der Waals surface area contributed by atoms with Gasteiger partial charge in [0.05, 0.1) is 18.4 Å². The molecule has 2 atom stereocenters.